The van der Waals surface area contributed by atoms with Gasteiger partial charge in [-0.05, 0) is 30.3 Å². The van der Waals surface area contributed by atoms with Crippen LogP contribution in [0.1, 0.15) is 0 Å². The molecule has 0 bridgehead atoms. The van der Waals surface area contributed by atoms with Crippen molar-refractivity contribution in [2.75, 3.05) is 13.4 Å². The second-order valence-electron chi connectivity index (χ2n) is 5.83. The molecule has 0 aliphatic carbocycles. The van der Waals surface area contributed by atoms with Crippen molar-refractivity contribution < 1.29 is 26.4 Å². The average molecular weight is 441 g/mol. The van der Waals surface area contributed by atoms with Crippen LogP contribution in [-0.4, -0.2) is 40.7 Å². The molecule has 0 aliphatic rings. The molecule has 0 atom stereocenters. The molecule has 0 aliphatic heterocycles. The van der Waals surface area contributed by atoms with Gasteiger partial charge in [0.2, 0.25) is 4.80 Å². The summed E-state index contributed by atoms with van der Waals surface area (Å²) in [5.74, 6) is -0.592. The predicted octanol–water partition coefficient (Wildman–Crippen LogP) is 1.57. The maximum Gasteiger partial charge on any atom is 0.325 e. The number of fused-ring (bicyclic) bond motifs is 1. The van der Waals surface area contributed by atoms with Gasteiger partial charge in [0.05, 0.1) is 27.1 Å². The number of sulfone groups is 1. The Labute approximate surface area is 165 Å². The number of ether oxygens (including phenoxy) is 1. The van der Waals surface area contributed by atoms with Gasteiger partial charge in [-0.1, -0.05) is 29.5 Å². The molecular weight excluding hydrogens is 424 g/mol. The van der Waals surface area contributed by atoms with E-state index in [1.165, 1.54) is 42.0 Å². The van der Waals surface area contributed by atoms with Crippen LogP contribution in [0.3, 0.4) is 0 Å². The minimum absolute atomic E-state index is 0.00824. The highest BCUT2D eigenvalue weighted by atomic mass is 32.2. The molecule has 11 heteroatoms. The summed E-state index contributed by atoms with van der Waals surface area (Å²) in [7, 11) is -6.25. The number of hydrogen-bond acceptors (Lipinski definition) is 7. The van der Waals surface area contributed by atoms with Gasteiger partial charge in [-0.25, -0.2) is 8.42 Å². The van der Waals surface area contributed by atoms with E-state index in [1.54, 1.807) is 18.2 Å². The highest BCUT2D eigenvalue weighted by Gasteiger charge is 2.17. The fourth-order valence-electron chi connectivity index (χ4n) is 2.45. The highest BCUT2D eigenvalue weighted by Crippen LogP contribution is 2.22. The van der Waals surface area contributed by atoms with Crippen LogP contribution in [0.5, 0.6) is 0 Å². The lowest BCUT2D eigenvalue weighted by Gasteiger charge is -2.04. The van der Waals surface area contributed by atoms with Crippen molar-refractivity contribution in [2.24, 2.45) is 4.40 Å². The molecule has 1 aromatic heterocycles. The number of nitrogens with zero attached hydrogens (tertiary/aromatic N) is 2. The van der Waals surface area contributed by atoms with Gasteiger partial charge >= 0.3 is 5.97 Å². The first-order valence-electron chi connectivity index (χ1n) is 7.88. The summed E-state index contributed by atoms with van der Waals surface area (Å²) in [6.45, 7) is -0.266. The van der Waals surface area contributed by atoms with Crippen LogP contribution in [0, 0.1) is 0 Å². The van der Waals surface area contributed by atoms with Crippen molar-refractivity contribution in [1.29, 1.82) is 0 Å². The number of methoxy groups -OCH3 is 1. The van der Waals surface area contributed by atoms with E-state index < -0.39 is 25.8 Å². The smallest absolute Gasteiger partial charge is 0.325 e. The third-order valence-electron chi connectivity index (χ3n) is 3.84. The Bertz CT molecular complexity index is 1320. The van der Waals surface area contributed by atoms with Crippen molar-refractivity contribution in [1.82, 2.24) is 4.57 Å². The van der Waals surface area contributed by atoms with Gasteiger partial charge in [0, 0.05) is 6.26 Å². The average Bonchev–Trinajstić information content (AvgIpc) is 2.97. The van der Waals surface area contributed by atoms with Crippen LogP contribution < -0.4 is 4.80 Å². The molecule has 1 heterocycles. The van der Waals surface area contributed by atoms with Crippen molar-refractivity contribution in [3.63, 3.8) is 0 Å². The molecule has 0 saturated heterocycles. The lowest BCUT2D eigenvalue weighted by atomic mass is 10.3. The molecule has 148 valence electrons. The van der Waals surface area contributed by atoms with E-state index in [0.29, 0.717) is 10.2 Å². The summed E-state index contributed by atoms with van der Waals surface area (Å²) in [6.07, 6.45) is 1.08. The van der Waals surface area contributed by atoms with Crippen LogP contribution in [0.15, 0.2) is 62.7 Å². The highest BCUT2D eigenvalue weighted by molar-refractivity contribution is 7.90. The van der Waals surface area contributed by atoms with Gasteiger partial charge in [-0.2, -0.15) is 8.42 Å². The largest absolute Gasteiger partial charge is 0.468 e. The van der Waals surface area contributed by atoms with E-state index >= 15 is 0 Å². The fraction of sp³-hybridized carbons (Fsp3) is 0.176. The molecule has 0 spiro atoms. The Morgan fingerprint density at radius 3 is 2.36 bits per heavy atom. The fourth-order valence-corrected chi connectivity index (χ4v) is 5.46. The monoisotopic (exact) mass is 440 g/mol. The molecule has 28 heavy (non-hydrogen) atoms. The number of rotatable bonds is 5. The third kappa shape index (κ3) is 4.16. The van der Waals surface area contributed by atoms with Gasteiger partial charge in [0.1, 0.15) is 6.54 Å². The maximum atomic E-state index is 12.6. The van der Waals surface area contributed by atoms with E-state index in [0.717, 1.165) is 17.6 Å². The molecule has 3 aromatic rings. The van der Waals surface area contributed by atoms with Gasteiger partial charge in [-0.3, -0.25) is 4.79 Å². The minimum Gasteiger partial charge on any atom is -0.468 e. The summed E-state index contributed by atoms with van der Waals surface area (Å²) in [5, 5.41) is 0. The van der Waals surface area contributed by atoms with Crippen molar-refractivity contribution in [3.8, 4) is 0 Å². The van der Waals surface area contributed by atoms with Gasteiger partial charge < -0.3 is 9.30 Å². The standard InChI is InChI=1S/C17H16N2O6S3/c1-25-16(20)11-19-14-9-8-13(27(2,21)22)10-15(14)26-17(19)18-28(23,24)12-6-4-3-5-7-12/h3-10H,11H2,1-2H3/b18-17-. The van der Waals surface area contributed by atoms with E-state index in [2.05, 4.69) is 9.13 Å². The van der Waals surface area contributed by atoms with Crippen LogP contribution in [-0.2, 0) is 35.9 Å². The number of benzene rings is 2. The normalized spacial score (nSPS) is 13.0. The summed E-state index contributed by atoms with van der Waals surface area (Å²) in [4.78, 5) is 11.9. The molecule has 0 fully saturated rings. The summed E-state index contributed by atoms with van der Waals surface area (Å²) in [5.41, 5.74) is 0.477. The zero-order valence-electron chi connectivity index (χ0n) is 14.9. The van der Waals surface area contributed by atoms with E-state index in [9.17, 15) is 21.6 Å². The summed E-state index contributed by atoms with van der Waals surface area (Å²) < 4.78 is 59.3. The SMILES string of the molecule is COC(=O)Cn1/c(=N/S(=O)(=O)c2ccccc2)sc2cc(S(C)(=O)=O)ccc21. The van der Waals surface area contributed by atoms with Crippen LogP contribution >= 0.6 is 11.3 Å². The van der Waals surface area contributed by atoms with Gasteiger partial charge in [0.15, 0.2) is 9.84 Å². The maximum absolute atomic E-state index is 12.6. The Morgan fingerprint density at radius 2 is 1.75 bits per heavy atom. The number of sulfonamides is 1. The Kier molecular flexibility index (Phi) is 5.41. The topological polar surface area (TPSA) is 112 Å². The molecule has 0 radical (unpaired) electrons. The second kappa shape index (κ2) is 7.49. The van der Waals surface area contributed by atoms with E-state index in [1.807, 2.05) is 0 Å². The van der Waals surface area contributed by atoms with E-state index in [4.69, 9.17) is 0 Å². The molecule has 3 rings (SSSR count). The number of thiazole rings is 1. The number of carbonyl (C=O) groups excluding carboxylic acids is 1. The Morgan fingerprint density at radius 1 is 1.07 bits per heavy atom. The van der Waals surface area contributed by atoms with Gasteiger partial charge in [-0.15, -0.1) is 4.40 Å². The summed E-state index contributed by atoms with van der Waals surface area (Å²) in [6, 6.07) is 12.0. The zero-order valence-corrected chi connectivity index (χ0v) is 17.3. The number of esters is 1. The predicted molar refractivity (Wildman–Crippen MR) is 104 cm³/mol. The first kappa shape index (κ1) is 20.2. The van der Waals surface area contributed by atoms with Crippen LogP contribution in [0.4, 0.5) is 0 Å². The molecule has 0 N–H and O–H groups in total. The molecule has 0 amide bonds. The lowest BCUT2D eigenvalue weighted by molar-refractivity contribution is -0.141. The zero-order chi connectivity index (χ0) is 20.5. The first-order chi connectivity index (χ1) is 13.1. The van der Waals surface area contributed by atoms with Gasteiger partial charge in [0.25, 0.3) is 10.0 Å². The van der Waals surface area contributed by atoms with Crippen LogP contribution in [0.2, 0.25) is 0 Å². The minimum atomic E-state index is -4.02. The molecular formula is C17H16N2O6S3. The molecule has 2 aromatic carbocycles. The first-order valence-corrected chi connectivity index (χ1v) is 12.0. The Hall–Kier alpha value is -2.50. The quantitative estimate of drug-likeness (QED) is 0.557. The van der Waals surface area contributed by atoms with Crippen molar-refractivity contribution >= 4 is 47.4 Å². The molecule has 0 saturated carbocycles. The summed E-state index contributed by atoms with van der Waals surface area (Å²) >= 11 is 0.973. The second-order valence-corrected chi connectivity index (χ2v) is 10.5. The number of aromatic nitrogens is 1. The van der Waals surface area contributed by atoms with Crippen LogP contribution in [0.25, 0.3) is 10.2 Å². The van der Waals surface area contributed by atoms with Crippen molar-refractivity contribution in [3.05, 3.63) is 53.3 Å². The van der Waals surface area contributed by atoms with Crippen molar-refractivity contribution in [2.45, 2.75) is 16.3 Å². The lowest BCUT2D eigenvalue weighted by Crippen LogP contribution is -2.22. The van der Waals surface area contributed by atoms with E-state index in [-0.39, 0.29) is 21.1 Å². The molecule has 8 nitrogen and oxygen atoms in total. The number of hydrogen-bond donors (Lipinski definition) is 0. The molecule has 0 unspecified atom stereocenters. The third-order valence-corrected chi connectivity index (χ3v) is 7.38. The number of carbonyl (C=O) groups is 1. The Balaban J connectivity index is 2.28.